The molecule has 0 radical (unpaired) electrons. The average Bonchev–Trinajstić information content (AvgIpc) is 2.31. The highest BCUT2D eigenvalue weighted by Crippen LogP contribution is 2.24. The first kappa shape index (κ1) is 15.0. The molecule has 0 saturated heterocycles. The first-order chi connectivity index (χ1) is 8.45. The van der Waals surface area contributed by atoms with Crippen LogP contribution in [-0.2, 0) is 6.42 Å². The van der Waals surface area contributed by atoms with E-state index in [1.807, 2.05) is 13.1 Å². The number of methoxy groups -OCH3 is 1. The van der Waals surface area contributed by atoms with E-state index in [2.05, 4.69) is 25.8 Å². The van der Waals surface area contributed by atoms with Crippen LogP contribution in [-0.4, -0.2) is 18.1 Å². The Kier molecular flexibility index (Phi) is 5.60. The number of nitrogens with two attached hydrogens (primary N) is 1. The van der Waals surface area contributed by atoms with Crippen LogP contribution in [0.4, 0.5) is 0 Å². The van der Waals surface area contributed by atoms with Crippen molar-refractivity contribution in [3.63, 3.8) is 0 Å². The quantitative estimate of drug-likeness (QED) is 0.844. The minimum Gasteiger partial charge on any atom is -0.496 e. The highest BCUT2D eigenvalue weighted by atomic mass is 16.5. The van der Waals surface area contributed by atoms with Crippen molar-refractivity contribution in [3.05, 3.63) is 23.0 Å². The number of hydrogen-bond acceptors (Lipinski definition) is 3. The molecule has 0 fully saturated rings. The molecule has 1 heterocycles. The third-order valence-corrected chi connectivity index (χ3v) is 3.32. The maximum Gasteiger partial charge on any atom is 0.128 e. The van der Waals surface area contributed by atoms with Gasteiger partial charge in [-0.25, -0.2) is 0 Å². The Labute approximate surface area is 111 Å². The van der Waals surface area contributed by atoms with Crippen LogP contribution in [0.3, 0.4) is 0 Å². The Hall–Kier alpha value is -1.09. The fourth-order valence-electron chi connectivity index (χ4n) is 2.17. The third-order valence-electron chi connectivity index (χ3n) is 3.32. The van der Waals surface area contributed by atoms with E-state index < -0.39 is 0 Å². The van der Waals surface area contributed by atoms with Crippen LogP contribution >= 0.6 is 0 Å². The van der Waals surface area contributed by atoms with Crippen molar-refractivity contribution in [1.29, 1.82) is 0 Å². The molecule has 2 N–H and O–H groups in total. The molecule has 0 aliphatic rings. The van der Waals surface area contributed by atoms with Gasteiger partial charge in [-0.05, 0) is 32.6 Å². The van der Waals surface area contributed by atoms with E-state index in [-0.39, 0.29) is 6.04 Å². The molecule has 0 amide bonds. The van der Waals surface area contributed by atoms with Crippen molar-refractivity contribution in [1.82, 2.24) is 4.98 Å². The number of hydrogen-bond donors (Lipinski definition) is 1. The van der Waals surface area contributed by atoms with E-state index in [9.17, 15) is 0 Å². The zero-order valence-electron chi connectivity index (χ0n) is 12.3. The van der Waals surface area contributed by atoms with Gasteiger partial charge in [0.2, 0.25) is 0 Å². The molecule has 1 rings (SSSR count). The van der Waals surface area contributed by atoms with Crippen molar-refractivity contribution in [2.24, 2.45) is 11.7 Å². The molecule has 3 heteroatoms. The number of nitrogens with zero attached hydrogens (tertiary/aromatic N) is 1. The zero-order chi connectivity index (χ0) is 13.7. The molecule has 102 valence electrons. The molecule has 0 spiro atoms. The van der Waals surface area contributed by atoms with Gasteiger partial charge in [-0.2, -0.15) is 0 Å². The first-order valence-electron chi connectivity index (χ1n) is 6.70. The predicted molar refractivity (Wildman–Crippen MR) is 76.0 cm³/mol. The lowest BCUT2D eigenvalue weighted by atomic mass is 9.98. The van der Waals surface area contributed by atoms with Gasteiger partial charge >= 0.3 is 0 Å². The lowest BCUT2D eigenvalue weighted by Gasteiger charge is -2.16. The second-order valence-corrected chi connectivity index (χ2v) is 5.48. The standard InChI is InChI=1S/C15H26N2O/c1-10(2)6-7-13(16)8-14-12(4)15(18-5)11(3)9-17-14/h9-10,13H,6-8,16H2,1-5H3. The normalized spacial score (nSPS) is 12.8. The molecular formula is C15H26N2O. The van der Waals surface area contributed by atoms with Crippen LogP contribution in [0.2, 0.25) is 0 Å². The summed E-state index contributed by atoms with van der Waals surface area (Å²) in [5.74, 6) is 1.65. The van der Waals surface area contributed by atoms with Gasteiger partial charge in [-0.1, -0.05) is 13.8 Å². The van der Waals surface area contributed by atoms with E-state index in [1.165, 1.54) is 6.42 Å². The highest BCUT2D eigenvalue weighted by Gasteiger charge is 2.13. The predicted octanol–water partition coefficient (Wildman–Crippen LogP) is 3.01. The molecule has 1 unspecified atom stereocenters. The Morgan fingerprint density at radius 3 is 2.50 bits per heavy atom. The van der Waals surface area contributed by atoms with Crippen LogP contribution in [0.1, 0.15) is 43.5 Å². The summed E-state index contributed by atoms with van der Waals surface area (Å²) < 4.78 is 5.42. The summed E-state index contributed by atoms with van der Waals surface area (Å²) in [5, 5.41) is 0. The summed E-state index contributed by atoms with van der Waals surface area (Å²) in [6, 6.07) is 0.186. The summed E-state index contributed by atoms with van der Waals surface area (Å²) >= 11 is 0. The Morgan fingerprint density at radius 1 is 1.28 bits per heavy atom. The molecule has 0 saturated carbocycles. The second kappa shape index (κ2) is 6.74. The topological polar surface area (TPSA) is 48.1 Å². The number of rotatable bonds is 6. The molecule has 0 aliphatic heterocycles. The van der Waals surface area contributed by atoms with E-state index >= 15 is 0 Å². The van der Waals surface area contributed by atoms with E-state index in [0.717, 1.165) is 35.4 Å². The van der Waals surface area contributed by atoms with Crippen molar-refractivity contribution < 1.29 is 4.74 Å². The van der Waals surface area contributed by atoms with Gasteiger partial charge in [0.15, 0.2) is 0 Å². The van der Waals surface area contributed by atoms with E-state index in [1.54, 1.807) is 7.11 Å². The van der Waals surface area contributed by atoms with Crippen molar-refractivity contribution >= 4 is 0 Å². The van der Waals surface area contributed by atoms with Crippen LogP contribution in [0, 0.1) is 19.8 Å². The van der Waals surface area contributed by atoms with Gasteiger partial charge in [-0.3, -0.25) is 4.98 Å². The van der Waals surface area contributed by atoms with Crippen LogP contribution in [0.15, 0.2) is 6.20 Å². The lowest BCUT2D eigenvalue weighted by molar-refractivity contribution is 0.406. The molecule has 1 atom stereocenters. The summed E-state index contributed by atoms with van der Waals surface area (Å²) in [5.41, 5.74) is 9.44. The lowest BCUT2D eigenvalue weighted by Crippen LogP contribution is -2.24. The van der Waals surface area contributed by atoms with Gasteiger partial charge in [-0.15, -0.1) is 0 Å². The highest BCUT2D eigenvalue weighted by molar-refractivity contribution is 5.41. The fraction of sp³-hybridized carbons (Fsp3) is 0.667. The summed E-state index contributed by atoms with van der Waals surface area (Å²) in [4.78, 5) is 4.49. The van der Waals surface area contributed by atoms with Crippen LogP contribution < -0.4 is 10.5 Å². The number of aromatic nitrogens is 1. The number of ether oxygens (including phenoxy) is 1. The molecule has 3 nitrogen and oxygen atoms in total. The number of aryl methyl sites for hydroxylation is 1. The Morgan fingerprint density at radius 2 is 1.94 bits per heavy atom. The molecule has 0 aromatic carbocycles. The average molecular weight is 250 g/mol. The van der Waals surface area contributed by atoms with Crippen LogP contribution in [0.5, 0.6) is 5.75 Å². The van der Waals surface area contributed by atoms with Gasteiger partial charge < -0.3 is 10.5 Å². The minimum atomic E-state index is 0.186. The molecule has 1 aromatic heterocycles. The fourth-order valence-corrected chi connectivity index (χ4v) is 2.17. The van der Waals surface area contributed by atoms with Gasteiger partial charge in [0.1, 0.15) is 5.75 Å². The van der Waals surface area contributed by atoms with Crippen molar-refractivity contribution in [3.8, 4) is 5.75 Å². The summed E-state index contributed by atoms with van der Waals surface area (Å²) in [6.45, 7) is 8.53. The van der Waals surface area contributed by atoms with Crippen molar-refractivity contribution in [2.75, 3.05) is 7.11 Å². The SMILES string of the molecule is COc1c(C)cnc(CC(N)CCC(C)C)c1C. The first-order valence-corrected chi connectivity index (χ1v) is 6.70. The van der Waals surface area contributed by atoms with Gasteiger partial charge in [0.25, 0.3) is 0 Å². The second-order valence-electron chi connectivity index (χ2n) is 5.48. The smallest absolute Gasteiger partial charge is 0.128 e. The molecule has 18 heavy (non-hydrogen) atoms. The zero-order valence-corrected chi connectivity index (χ0v) is 12.3. The van der Waals surface area contributed by atoms with Crippen LogP contribution in [0.25, 0.3) is 0 Å². The maximum absolute atomic E-state index is 6.17. The molecule has 0 aliphatic carbocycles. The van der Waals surface area contributed by atoms with Gasteiger partial charge in [0, 0.05) is 35.5 Å². The maximum atomic E-state index is 6.17. The van der Waals surface area contributed by atoms with Crippen molar-refractivity contribution in [2.45, 2.75) is 53.0 Å². The van der Waals surface area contributed by atoms with Gasteiger partial charge in [0.05, 0.1) is 7.11 Å². The summed E-state index contributed by atoms with van der Waals surface area (Å²) in [6.07, 6.45) is 4.92. The van der Waals surface area contributed by atoms with E-state index in [0.29, 0.717) is 5.92 Å². The Bertz CT molecular complexity index is 388. The van der Waals surface area contributed by atoms with E-state index in [4.69, 9.17) is 10.5 Å². The molecular weight excluding hydrogens is 224 g/mol. The minimum absolute atomic E-state index is 0.186. The summed E-state index contributed by atoms with van der Waals surface area (Å²) in [7, 11) is 1.71. The monoisotopic (exact) mass is 250 g/mol. The largest absolute Gasteiger partial charge is 0.496 e. The molecule has 0 bridgehead atoms. The number of pyridine rings is 1. The third kappa shape index (κ3) is 3.98. The Balaban J connectivity index is 2.73. The molecule has 1 aromatic rings.